The highest BCUT2D eigenvalue weighted by atomic mass is 16.5. The van der Waals surface area contributed by atoms with Crippen molar-refractivity contribution in [3.8, 4) is 0 Å². The van der Waals surface area contributed by atoms with Crippen LogP contribution in [0.5, 0.6) is 0 Å². The molecule has 0 heterocycles. The summed E-state index contributed by atoms with van der Waals surface area (Å²) >= 11 is 0. The largest absolute Gasteiger partial charge is 0.376 e. The minimum absolute atomic E-state index is 0.0556. The number of hydrogen-bond acceptors (Lipinski definition) is 2. The van der Waals surface area contributed by atoms with Crippen molar-refractivity contribution in [1.82, 2.24) is 5.32 Å². The van der Waals surface area contributed by atoms with E-state index in [0.717, 1.165) is 26.0 Å². The fourth-order valence-electron chi connectivity index (χ4n) is 1.33. The maximum atomic E-state index is 5.81. The molecule has 0 aliphatic rings. The first-order chi connectivity index (χ1) is 7.02. The third-order valence-corrected chi connectivity index (χ3v) is 2.87. The van der Waals surface area contributed by atoms with Gasteiger partial charge in [0.25, 0.3) is 0 Å². The molecule has 1 unspecified atom stereocenters. The van der Waals surface area contributed by atoms with Gasteiger partial charge in [-0.3, -0.25) is 0 Å². The second-order valence-electron chi connectivity index (χ2n) is 4.96. The molecule has 0 rings (SSSR count). The van der Waals surface area contributed by atoms with Gasteiger partial charge in [-0.25, -0.2) is 0 Å². The predicted octanol–water partition coefficient (Wildman–Crippen LogP) is 3.36. The van der Waals surface area contributed by atoms with E-state index in [1.807, 2.05) is 0 Å². The molecule has 0 bridgehead atoms. The van der Waals surface area contributed by atoms with Crippen molar-refractivity contribution in [2.24, 2.45) is 0 Å². The van der Waals surface area contributed by atoms with Gasteiger partial charge in [-0.15, -0.1) is 0 Å². The standard InChI is InChI=1S/C13H29NO/c1-6-10-14-12(3)9-8-11-15-13(4,5)7-2/h12,14H,6-11H2,1-5H3. The number of hydrogen-bond donors (Lipinski definition) is 1. The lowest BCUT2D eigenvalue weighted by Crippen LogP contribution is -2.28. The number of ether oxygens (including phenoxy) is 1. The molecule has 0 aromatic heterocycles. The van der Waals surface area contributed by atoms with Gasteiger partial charge in [0.05, 0.1) is 5.60 Å². The van der Waals surface area contributed by atoms with Crippen molar-refractivity contribution in [2.75, 3.05) is 13.2 Å². The molecule has 1 N–H and O–H groups in total. The Bertz CT molecular complexity index is 145. The maximum absolute atomic E-state index is 5.81. The first-order valence-electron chi connectivity index (χ1n) is 6.39. The summed E-state index contributed by atoms with van der Waals surface area (Å²) in [5, 5.41) is 3.49. The third-order valence-electron chi connectivity index (χ3n) is 2.87. The zero-order valence-electron chi connectivity index (χ0n) is 11.2. The van der Waals surface area contributed by atoms with Crippen LogP contribution in [0, 0.1) is 0 Å². The Morgan fingerprint density at radius 3 is 2.47 bits per heavy atom. The normalized spacial score (nSPS) is 14.2. The van der Waals surface area contributed by atoms with E-state index in [1.54, 1.807) is 0 Å². The molecule has 0 aliphatic carbocycles. The molecule has 0 spiro atoms. The molecule has 0 aromatic rings. The maximum Gasteiger partial charge on any atom is 0.0623 e. The fraction of sp³-hybridized carbons (Fsp3) is 1.00. The highest BCUT2D eigenvalue weighted by Crippen LogP contribution is 2.14. The third kappa shape index (κ3) is 8.88. The van der Waals surface area contributed by atoms with Crippen LogP contribution in [-0.2, 0) is 4.74 Å². The van der Waals surface area contributed by atoms with Crippen LogP contribution in [-0.4, -0.2) is 24.8 Å². The van der Waals surface area contributed by atoms with Crippen molar-refractivity contribution in [2.45, 2.75) is 71.9 Å². The summed E-state index contributed by atoms with van der Waals surface area (Å²) in [6, 6.07) is 0.623. The van der Waals surface area contributed by atoms with Gasteiger partial charge in [0.2, 0.25) is 0 Å². The van der Waals surface area contributed by atoms with Gasteiger partial charge in [0.1, 0.15) is 0 Å². The lowest BCUT2D eigenvalue weighted by Gasteiger charge is -2.24. The molecule has 0 aromatic carbocycles. The smallest absolute Gasteiger partial charge is 0.0623 e. The van der Waals surface area contributed by atoms with Gasteiger partial charge in [0.15, 0.2) is 0 Å². The molecular weight excluding hydrogens is 186 g/mol. The molecule has 0 fully saturated rings. The molecular formula is C13H29NO. The fourth-order valence-corrected chi connectivity index (χ4v) is 1.33. The Morgan fingerprint density at radius 1 is 1.27 bits per heavy atom. The van der Waals surface area contributed by atoms with Crippen LogP contribution in [0.1, 0.15) is 60.3 Å². The van der Waals surface area contributed by atoms with E-state index in [9.17, 15) is 0 Å². The second kappa shape index (κ2) is 8.12. The summed E-state index contributed by atoms with van der Waals surface area (Å²) < 4.78 is 5.81. The van der Waals surface area contributed by atoms with Crippen LogP contribution in [0.2, 0.25) is 0 Å². The Hall–Kier alpha value is -0.0800. The zero-order valence-corrected chi connectivity index (χ0v) is 11.2. The topological polar surface area (TPSA) is 21.3 Å². The summed E-state index contributed by atoms with van der Waals surface area (Å²) in [5.41, 5.74) is 0.0556. The van der Waals surface area contributed by atoms with Crippen LogP contribution in [0.3, 0.4) is 0 Å². The van der Waals surface area contributed by atoms with Gasteiger partial charge >= 0.3 is 0 Å². The summed E-state index contributed by atoms with van der Waals surface area (Å²) in [6.45, 7) is 13.0. The first-order valence-corrected chi connectivity index (χ1v) is 6.39. The first kappa shape index (κ1) is 14.9. The van der Waals surface area contributed by atoms with E-state index in [-0.39, 0.29) is 5.60 Å². The van der Waals surface area contributed by atoms with Crippen molar-refractivity contribution in [3.05, 3.63) is 0 Å². The summed E-state index contributed by atoms with van der Waals surface area (Å²) in [7, 11) is 0. The minimum Gasteiger partial charge on any atom is -0.376 e. The Balaban J connectivity index is 3.37. The SMILES string of the molecule is CCCNC(C)CCCOC(C)(C)CC. The zero-order chi connectivity index (χ0) is 11.7. The predicted molar refractivity (Wildman–Crippen MR) is 67.3 cm³/mol. The monoisotopic (exact) mass is 215 g/mol. The number of rotatable bonds is 9. The minimum atomic E-state index is 0.0556. The van der Waals surface area contributed by atoms with Crippen LogP contribution >= 0.6 is 0 Å². The molecule has 0 aliphatic heterocycles. The van der Waals surface area contributed by atoms with Crippen LogP contribution < -0.4 is 5.32 Å². The van der Waals surface area contributed by atoms with Crippen LogP contribution in [0.4, 0.5) is 0 Å². The molecule has 2 nitrogen and oxygen atoms in total. The van der Waals surface area contributed by atoms with E-state index >= 15 is 0 Å². The molecule has 0 saturated carbocycles. The molecule has 1 atom stereocenters. The van der Waals surface area contributed by atoms with E-state index in [4.69, 9.17) is 4.74 Å². The van der Waals surface area contributed by atoms with E-state index in [2.05, 4.69) is 39.9 Å². The van der Waals surface area contributed by atoms with Crippen molar-refractivity contribution in [3.63, 3.8) is 0 Å². The molecule has 15 heavy (non-hydrogen) atoms. The van der Waals surface area contributed by atoms with Crippen LogP contribution in [0.25, 0.3) is 0 Å². The van der Waals surface area contributed by atoms with E-state index < -0.39 is 0 Å². The second-order valence-corrected chi connectivity index (χ2v) is 4.96. The summed E-state index contributed by atoms with van der Waals surface area (Å²) in [5.74, 6) is 0. The quantitative estimate of drug-likeness (QED) is 0.595. The van der Waals surface area contributed by atoms with Gasteiger partial charge in [0, 0.05) is 12.6 Å². The van der Waals surface area contributed by atoms with Crippen LogP contribution in [0.15, 0.2) is 0 Å². The Kier molecular flexibility index (Phi) is 8.07. The molecule has 0 radical (unpaired) electrons. The van der Waals surface area contributed by atoms with Crippen molar-refractivity contribution in [1.29, 1.82) is 0 Å². The van der Waals surface area contributed by atoms with E-state index in [0.29, 0.717) is 6.04 Å². The van der Waals surface area contributed by atoms with Gasteiger partial charge < -0.3 is 10.1 Å². The highest BCUT2D eigenvalue weighted by Gasteiger charge is 2.14. The highest BCUT2D eigenvalue weighted by molar-refractivity contribution is 4.66. The van der Waals surface area contributed by atoms with Gasteiger partial charge in [-0.05, 0) is 53.0 Å². The molecule has 0 saturated heterocycles. The molecule has 92 valence electrons. The average Bonchev–Trinajstić information content (AvgIpc) is 2.21. The average molecular weight is 215 g/mol. The molecule has 2 heteroatoms. The summed E-state index contributed by atoms with van der Waals surface area (Å²) in [6.07, 6.45) is 4.65. The summed E-state index contributed by atoms with van der Waals surface area (Å²) in [4.78, 5) is 0. The van der Waals surface area contributed by atoms with Gasteiger partial charge in [-0.1, -0.05) is 13.8 Å². The van der Waals surface area contributed by atoms with Crippen molar-refractivity contribution >= 4 is 0 Å². The van der Waals surface area contributed by atoms with Crippen molar-refractivity contribution < 1.29 is 4.74 Å². The Labute approximate surface area is 95.8 Å². The van der Waals surface area contributed by atoms with E-state index in [1.165, 1.54) is 12.8 Å². The lowest BCUT2D eigenvalue weighted by atomic mass is 10.1. The Morgan fingerprint density at radius 2 is 1.93 bits per heavy atom. The van der Waals surface area contributed by atoms with Gasteiger partial charge in [-0.2, -0.15) is 0 Å². The lowest BCUT2D eigenvalue weighted by molar-refractivity contribution is -0.0221. The number of nitrogens with one attached hydrogen (secondary N) is 1. The molecule has 0 amide bonds.